The highest BCUT2D eigenvalue weighted by Crippen LogP contribution is 2.47. The van der Waals surface area contributed by atoms with Crippen molar-refractivity contribution in [3.8, 4) is 16.9 Å². The zero-order valence-electron chi connectivity index (χ0n) is 17.0. The maximum atomic E-state index is 11.4. The van der Waals surface area contributed by atoms with Gasteiger partial charge in [0.25, 0.3) is 0 Å². The minimum absolute atomic E-state index is 0.388. The Labute approximate surface area is 161 Å². The maximum absolute atomic E-state index is 11.4. The number of aryl methyl sites for hydroxylation is 6. The Hall–Kier alpha value is -2.80. The number of aromatic hydroxyl groups is 1. The van der Waals surface area contributed by atoms with Gasteiger partial charge in [-0.2, -0.15) is 0 Å². The molecule has 0 radical (unpaired) electrons. The lowest BCUT2D eigenvalue weighted by Crippen LogP contribution is -1.97. The first-order valence-corrected chi connectivity index (χ1v) is 9.53. The van der Waals surface area contributed by atoms with Crippen LogP contribution in [0.1, 0.15) is 33.4 Å². The molecule has 0 saturated heterocycles. The van der Waals surface area contributed by atoms with Gasteiger partial charge < -0.3 is 5.11 Å². The van der Waals surface area contributed by atoms with E-state index < -0.39 is 0 Å². The normalized spacial score (nSPS) is 11.5. The molecule has 27 heavy (non-hydrogen) atoms. The Balaban J connectivity index is 2.35. The summed E-state index contributed by atoms with van der Waals surface area (Å²) in [7, 11) is 0. The summed E-state index contributed by atoms with van der Waals surface area (Å²) in [6.45, 7) is 12.9. The molecule has 1 N–H and O–H groups in total. The molecule has 0 aromatic heterocycles. The smallest absolute Gasteiger partial charge is 0.131 e. The third-order valence-corrected chi connectivity index (χ3v) is 5.91. The van der Waals surface area contributed by atoms with E-state index in [4.69, 9.17) is 0 Å². The van der Waals surface area contributed by atoms with E-state index in [-0.39, 0.29) is 0 Å². The van der Waals surface area contributed by atoms with Crippen molar-refractivity contribution in [3.63, 3.8) is 0 Å². The summed E-state index contributed by atoms with van der Waals surface area (Å²) in [5.41, 5.74) is 9.58. The van der Waals surface area contributed by atoms with E-state index in [1.807, 2.05) is 12.1 Å². The van der Waals surface area contributed by atoms with E-state index in [0.29, 0.717) is 5.75 Å². The Morgan fingerprint density at radius 2 is 1.19 bits per heavy atom. The van der Waals surface area contributed by atoms with Gasteiger partial charge in [0.05, 0.1) is 0 Å². The van der Waals surface area contributed by atoms with Crippen molar-refractivity contribution in [3.05, 3.63) is 75.8 Å². The van der Waals surface area contributed by atoms with Crippen LogP contribution in [0.5, 0.6) is 5.75 Å². The lowest BCUT2D eigenvalue weighted by molar-refractivity contribution is 0.484. The fourth-order valence-electron chi connectivity index (χ4n) is 4.72. The number of phenolic OH excluding ortho intramolecular Hbond substituents is 1. The quantitative estimate of drug-likeness (QED) is 0.358. The van der Waals surface area contributed by atoms with Gasteiger partial charge in [-0.3, -0.25) is 0 Å². The first-order valence-electron chi connectivity index (χ1n) is 9.53. The molecule has 0 heterocycles. The fraction of sp³-hybridized carbons (Fsp3) is 0.231. The zero-order chi connectivity index (χ0) is 19.5. The van der Waals surface area contributed by atoms with E-state index >= 15 is 0 Å². The molecule has 1 heteroatoms. The van der Waals surface area contributed by atoms with Crippen molar-refractivity contribution in [2.24, 2.45) is 0 Å². The third-order valence-electron chi connectivity index (χ3n) is 5.91. The monoisotopic (exact) mass is 354 g/mol. The van der Waals surface area contributed by atoms with Crippen LogP contribution in [0.4, 0.5) is 0 Å². The van der Waals surface area contributed by atoms with Gasteiger partial charge in [-0.05, 0) is 91.1 Å². The molecule has 4 rings (SSSR count). The molecule has 0 fully saturated rings. The van der Waals surface area contributed by atoms with E-state index in [1.165, 1.54) is 44.2 Å². The number of hydrogen-bond acceptors (Lipinski definition) is 1. The van der Waals surface area contributed by atoms with Gasteiger partial charge in [-0.25, -0.2) is 0 Å². The van der Waals surface area contributed by atoms with Crippen LogP contribution in [-0.2, 0) is 0 Å². The van der Waals surface area contributed by atoms with E-state index in [0.717, 1.165) is 21.9 Å². The highest BCUT2D eigenvalue weighted by Gasteiger charge is 2.21. The van der Waals surface area contributed by atoms with Crippen molar-refractivity contribution >= 4 is 21.5 Å². The van der Waals surface area contributed by atoms with Crippen molar-refractivity contribution in [2.45, 2.75) is 41.5 Å². The average molecular weight is 354 g/mol. The summed E-state index contributed by atoms with van der Waals surface area (Å²) < 4.78 is 0. The minimum atomic E-state index is 0.388. The maximum Gasteiger partial charge on any atom is 0.131 e. The molecule has 4 aromatic rings. The Morgan fingerprint density at radius 3 is 1.81 bits per heavy atom. The molecular weight excluding hydrogens is 328 g/mol. The second kappa shape index (κ2) is 6.13. The van der Waals surface area contributed by atoms with E-state index in [1.54, 1.807) is 0 Å². The van der Waals surface area contributed by atoms with Crippen LogP contribution in [0.2, 0.25) is 0 Å². The predicted molar refractivity (Wildman–Crippen MR) is 117 cm³/mol. The second-order valence-corrected chi connectivity index (χ2v) is 7.93. The Morgan fingerprint density at radius 1 is 0.593 bits per heavy atom. The van der Waals surface area contributed by atoms with Crippen LogP contribution in [-0.4, -0.2) is 5.11 Å². The average Bonchev–Trinajstić information content (AvgIpc) is 2.60. The first-order chi connectivity index (χ1) is 12.8. The Bertz CT molecular complexity index is 1210. The number of hydrogen-bond donors (Lipinski definition) is 1. The number of phenols is 1. The molecule has 0 aliphatic heterocycles. The molecule has 0 unspecified atom stereocenters. The SMILES string of the molecule is Cc1cc(C)c(-c2c(O)c3ccccc3c3c(C)c(C)cc(C)c23)c(C)c1. The topological polar surface area (TPSA) is 20.2 Å². The summed E-state index contributed by atoms with van der Waals surface area (Å²) in [4.78, 5) is 0. The standard InChI is InChI=1S/C26H26O/c1-14-11-16(3)22(17(4)12-14)25-23-18(5)13-15(2)19(6)24(23)20-9-7-8-10-21(20)26(25)27/h7-13,27H,1-6H3. The highest BCUT2D eigenvalue weighted by molar-refractivity contribution is 6.20. The van der Waals surface area contributed by atoms with Gasteiger partial charge in [0.15, 0.2) is 0 Å². The molecule has 4 aromatic carbocycles. The number of rotatable bonds is 1. The third kappa shape index (κ3) is 2.53. The molecular formula is C26H26O. The van der Waals surface area contributed by atoms with Gasteiger partial charge in [0, 0.05) is 10.9 Å². The van der Waals surface area contributed by atoms with Gasteiger partial charge in [-0.15, -0.1) is 0 Å². The molecule has 0 spiro atoms. The van der Waals surface area contributed by atoms with Crippen molar-refractivity contribution in [1.82, 2.24) is 0 Å². The number of benzene rings is 4. The fourth-order valence-corrected chi connectivity index (χ4v) is 4.72. The van der Waals surface area contributed by atoms with E-state index in [2.05, 4.69) is 71.9 Å². The van der Waals surface area contributed by atoms with Gasteiger partial charge >= 0.3 is 0 Å². The van der Waals surface area contributed by atoms with Crippen LogP contribution >= 0.6 is 0 Å². The van der Waals surface area contributed by atoms with Crippen LogP contribution < -0.4 is 0 Å². The summed E-state index contributed by atoms with van der Waals surface area (Å²) in [5.74, 6) is 0.388. The van der Waals surface area contributed by atoms with Crippen LogP contribution in [0, 0.1) is 41.5 Å². The molecule has 0 bridgehead atoms. The van der Waals surface area contributed by atoms with Crippen molar-refractivity contribution in [2.75, 3.05) is 0 Å². The lowest BCUT2D eigenvalue weighted by atomic mass is 9.83. The molecule has 0 atom stereocenters. The predicted octanol–water partition coefficient (Wildman–Crippen LogP) is 7.22. The van der Waals surface area contributed by atoms with Crippen molar-refractivity contribution < 1.29 is 5.11 Å². The number of fused-ring (bicyclic) bond motifs is 3. The van der Waals surface area contributed by atoms with E-state index in [9.17, 15) is 5.11 Å². The lowest BCUT2D eigenvalue weighted by Gasteiger charge is -2.21. The van der Waals surface area contributed by atoms with Crippen LogP contribution in [0.15, 0.2) is 42.5 Å². The van der Waals surface area contributed by atoms with Gasteiger partial charge in [0.1, 0.15) is 5.75 Å². The summed E-state index contributed by atoms with van der Waals surface area (Å²) in [6.07, 6.45) is 0. The summed E-state index contributed by atoms with van der Waals surface area (Å²) in [6, 6.07) is 14.9. The van der Waals surface area contributed by atoms with Gasteiger partial charge in [0.2, 0.25) is 0 Å². The Kier molecular flexibility index (Phi) is 3.99. The molecule has 0 aliphatic rings. The van der Waals surface area contributed by atoms with Crippen molar-refractivity contribution in [1.29, 1.82) is 0 Å². The van der Waals surface area contributed by atoms with Gasteiger partial charge in [-0.1, -0.05) is 48.0 Å². The summed E-state index contributed by atoms with van der Waals surface area (Å²) in [5, 5.41) is 15.9. The molecule has 0 saturated carbocycles. The highest BCUT2D eigenvalue weighted by atomic mass is 16.3. The largest absolute Gasteiger partial charge is 0.507 e. The molecule has 1 nitrogen and oxygen atoms in total. The molecule has 136 valence electrons. The summed E-state index contributed by atoms with van der Waals surface area (Å²) >= 11 is 0. The molecule has 0 aliphatic carbocycles. The second-order valence-electron chi connectivity index (χ2n) is 7.93. The van der Waals surface area contributed by atoms with Crippen LogP contribution in [0.3, 0.4) is 0 Å². The first kappa shape index (κ1) is 17.6. The minimum Gasteiger partial charge on any atom is -0.507 e. The van der Waals surface area contributed by atoms with Crippen LogP contribution in [0.25, 0.3) is 32.7 Å². The zero-order valence-corrected chi connectivity index (χ0v) is 17.0. The molecule has 0 amide bonds.